The highest BCUT2D eigenvalue weighted by Crippen LogP contribution is 2.23. The van der Waals surface area contributed by atoms with E-state index in [1.54, 1.807) is 18.2 Å². The molecule has 0 saturated carbocycles. The van der Waals surface area contributed by atoms with Gasteiger partial charge in [-0.25, -0.2) is 9.59 Å². The highest BCUT2D eigenvalue weighted by Gasteiger charge is 2.14. The maximum atomic E-state index is 11.6. The lowest BCUT2D eigenvalue weighted by atomic mass is 10.1. The molecule has 112 valence electrons. The average molecular weight is 356 g/mol. The Kier molecular flexibility index (Phi) is 6.10. The van der Waals surface area contributed by atoms with Gasteiger partial charge in [0.15, 0.2) is 5.78 Å². The van der Waals surface area contributed by atoms with Gasteiger partial charge in [0.2, 0.25) is 0 Å². The molecule has 0 bridgehead atoms. The summed E-state index contributed by atoms with van der Waals surface area (Å²) in [4.78, 5) is 34.2. The quantitative estimate of drug-likeness (QED) is 0.495. The molecular weight excluding hydrogens is 342 g/mol. The number of carbonyl (C=O) groups is 3. The van der Waals surface area contributed by atoms with E-state index in [0.717, 1.165) is 6.08 Å². The fourth-order valence-electron chi connectivity index (χ4n) is 1.47. The molecule has 0 heterocycles. The Bertz CT molecular complexity index is 609. The SMILES string of the molecule is COC(=O)/C=C(/Nc1ccc(C(C)=O)c(Br)c1)C(=O)OC. The molecule has 0 saturated heterocycles. The Labute approximate surface area is 130 Å². The minimum absolute atomic E-state index is 0.0770. The van der Waals surface area contributed by atoms with Crippen molar-refractivity contribution in [3.05, 3.63) is 40.0 Å². The van der Waals surface area contributed by atoms with Crippen molar-refractivity contribution in [2.24, 2.45) is 0 Å². The van der Waals surface area contributed by atoms with Gasteiger partial charge in [0.25, 0.3) is 0 Å². The fourth-order valence-corrected chi connectivity index (χ4v) is 2.12. The lowest BCUT2D eigenvalue weighted by molar-refractivity contribution is -0.138. The molecule has 7 heteroatoms. The summed E-state index contributed by atoms with van der Waals surface area (Å²) in [5.74, 6) is -1.50. The van der Waals surface area contributed by atoms with Crippen molar-refractivity contribution in [1.82, 2.24) is 0 Å². The number of hydrogen-bond acceptors (Lipinski definition) is 6. The molecule has 1 aromatic carbocycles. The number of ether oxygens (including phenoxy) is 2. The second-order valence-electron chi connectivity index (χ2n) is 3.95. The molecule has 0 unspecified atom stereocenters. The number of ketones is 1. The Hall–Kier alpha value is -2.15. The van der Waals surface area contributed by atoms with E-state index in [1.165, 1.54) is 21.1 Å². The highest BCUT2D eigenvalue weighted by molar-refractivity contribution is 9.10. The van der Waals surface area contributed by atoms with Crippen LogP contribution in [0.4, 0.5) is 5.69 Å². The van der Waals surface area contributed by atoms with Crippen LogP contribution in [0.1, 0.15) is 17.3 Å². The normalized spacial score (nSPS) is 10.8. The van der Waals surface area contributed by atoms with Crippen LogP contribution in [0.25, 0.3) is 0 Å². The van der Waals surface area contributed by atoms with Crippen LogP contribution in [-0.4, -0.2) is 31.9 Å². The molecule has 0 aliphatic carbocycles. The van der Waals surface area contributed by atoms with E-state index in [9.17, 15) is 14.4 Å². The van der Waals surface area contributed by atoms with Crippen molar-refractivity contribution in [1.29, 1.82) is 0 Å². The third-order valence-corrected chi connectivity index (χ3v) is 3.15. The lowest BCUT2D eigenvalue weighted by Crippen LogP contribution is -2.15. The molecule has 6 nitrogen and oxygen atoms in total. The summed E-state index contributed by atoms with van der Waals surface area (Å²) in [6.45, 7) is 1.45. The van der Waals surface area contributed by atoms with E-state index in [-0.39, 0.29) is 11.5 Å². The summed E-state index contributed by atoms with van der Waals surface area (Å²) in [5, 5.41) is 2.75. The summed E-state index contributed by atoms with van der Waals surface area (Å²) >= 11 is 3.27. The van der Waals surface area contributed by atoms with E-state index in [2.05, 4.69) is 30.7 Å². The Morgan fingerprint density at radius 2 is 1.86 bits per heavy atom. The second kappa shape index (κ2) is 7.58. The largest absolute Gasteiger partial charge is 0.466 e. The van der Waals surface area contributed by atoms with Crippen molar-refractivity contribution in [2.75, 3.05) is 19.5 Å². The number of carbonyl (C=O) groups excluding carboxylic acids is 3. The summed E-state index contributed by atoms with van der Waals surface area (Å²) < 4.78 is 9.62. The van der Waals surface area contributed by atoms with Crippen LogP contribution in [0.3, 0.4) is 0 Å². The van der Waals surface area contributed by atoms with Crippen molar-refractivity contribution in [3.63, 3.8) is 0 Å². The van der Waals surface area contributed by atoms with Crippen LogP contribution in [0.2, 0.25) is 0 Å². The first-order chi connectivity index (χ1) is 9.88. The van der Waals surface area contributed by atoms with Crippen LogP contribution >= 0.6 is 15.9 Å². The molecule has 1 N–H and O–H groups in total. The molecule has 0 aliphatic heterocycles. The first kappa shape index (κ1) is 16.9. The molecule has 0 atom stereocenters. The van der Waals surface area contributed by atoms with Crippen molar-refractivity contribution < 1.29 is 23.9 Å². The second-order valence-corrected chi connectivity index (χ2v) is 4.80. The summed E-state index contributed by atoms with van der Waals surface area (Å²) in [6, 6.07) is 4.82. The molecule has 0 fully saturated rings. The van der Waals surface area contributed by atoms with Gasteiger partial charge in [-0.2, -0.15) is 0 Å². The summed E-state index contributed by atoms with van der Waals surface area (Å²) in [7, 11) is 2.40. The number of halogens is 1. The number of methoxy groups -OCH3 is 2. The zero-order chi connectivity index (χ0) is 16.0. The van der Waals surface area contributed by atoms with Gasteiger partial charge in [0.05, 0.1) is 20.3 Å². The van der Waals surface area contributed by atoms with Crippen LogP contribution in [0, 0.1) is 0 Å². The number of nitrogens with one attached hydrogen (secondary N) is 1. The predicted octanol–water partition coefficient (Wildman–Crippen LogP) is 2.29. The van der Waals surface area contributed by atoms with Gasteiger partial charge in [-0.1, -0.05) is 0 Å². The Morgan fingerprint density at radius 3 is 2.33 bits per heavy atom. The van der Waals surface area contributed by atoms with Gasteiger partial charge in [0, 0.05) is 15.7 Å². The van der Waals surface area contributed by atoms with Crippen molar-refractivity contribution in [2.45, 2.75) is 6.92 Å². The van der Waals surface area contributed by atoms with Gasteiger partial charge >= 0.3 is 11.9 Å². The minimum atomic E-state index is -0.716. The topological polar surface area (TPSA) is 81.7 Å². The zero-order valence-corrected chi connectivity index (χ0v) is 13.3. The van der Waals surface area contributed by atoms with Gasteiger partial charge < -0.3 is 14.8 Å². The molecule has 1 rings (SSSR count). The van der Waals surface area contributed by atoms with E-state index in [4.69, 9.17) is 0 Å². The minimum Gasteiger partial charge on any atom is -0.466 e. The highest BCUT2D eigenvalue weighted by atomic mass is 79.9. The fraction of sp³-hybridized carbons (Fsp3) is 0.214. The first-order valence-corrected chi connectivity index (χ1v) is 6.63. The van der Waals surface area contributed by atoms with Crippen LogP contribution in [0.5, 0.6) is 0 Å². The number of anilines is 1. The smallest absolute Gasteiger partial charge is 0.354 e. The van der Waals surface area contributed by atoms with E-state index in [0.29, 0.717) is 15.7 Å². The van der Waals surface area contributed by atoms with Gasteiger partial charge in [-0.15, -0.1) is 0 Å². The Balaban J connectivity index is 3.07. The zero-order valence-electron chi connectivity index (χ0n) is 11.7. The van der Waals surface area contributed by atoms with Gasteiger partial charge in [-0.05, 0) is 41.1 Å². The van der Waals surface area contributed by atoms with Crippen molar-refractivity contribution >= 4 is 39.3 Å². The number of rotatable bonds is 5. The predicted molar refractivity (Wildman–Crippen MR) is 79.9 cm³/mol. The standard InChI is InChI=1S/C14H14BrNO5/c1-8(17)10-5-4-9(6-11(10)15)16-12(14(19)21-3)7-13(18)20-2/h4-7,16H,1-3H3/b12-7+. The third kappa shape index (κ3) is 4.71. The van der Waals surface area contributed by atoms with Gasteiger partial charge in [0.1, 0.15) is 5.70 Å². The Morgan fingerprint density at radius 1 is 1.19 bits per heavy atom. The number of esters is 2. The summed E-state index contributed by atoms with van der Waals surface area (Å²) in [6.07, 6.45) is 0.985. The first-order valence-electron chi connectivity index (χ1n) is 5.84. The molecule has 0 aliphatic rings. The monoisotopic (exact) mass is 355 g/mol. The summed E-state index contributed by atoms with van der Waals surface area (Å²) in [5.41, 5.74) is 0.941. The van der Waals surface area contributed by atoms with Gasteiger partial charge in [-0.3, -0.25) is 4.79 Å². The van der Waals surface area contributed by atoms with Crippen molar-refractivity contribution in [3.8, 4) is 0 Å². The maximum absolute atomic E-state index is 11.6. The third-order valence-electron chi connectivity index (χ3n) is 2.50. The molecule has 0 aromatic heterocycles. The average Bonchev–Trinajstić information content (AvgIpc) is 2.45. The molecule has 0 radical (unpaired) electrons. The molecule has 1 aromatic rings. The maximum Gasteiger partial charge on any atom is 0.354 e. The number of Topliss-reactive ketones (excluding diaryl/α,β-unsaturated/α-hetero) is 1. The van der Waals surface area contributed by atoms with Crippen LogP contribution in [-0.2, 0) is 19.1 Å². The van der Waals surface area contributed by atoms with Crippen LogP contribution < -0.4 is 5.32 Å². The molecule has 0 amide bonds. The lowest BCUT2D eigenvalue weighted by Gasteiger charge is -2.10. The molecule has 21 heavy (non-hydrogen) atoms. The van der Waals surface area contributed by atoms with E-state index >= 15 is 0 Å². The molecule has 0 spiro atoms. The number of benzene rings is 1. The van der Waals surface area contributed by atoms with E-state index in [1.807, 2.05) is 0 Å². The molecular formula is C14H14BrNO5. The number of hydrogen-bond donors (Lipinski definition) is 1. The van der Waals surface area contributed by atoms with Crippen LogP contribution in [0.15, 0.2) is 34.4 Å². The van der Waals surface area contributed by atoms with E-state index < -0.39 is 11.9 Å².